The highest BCUT2D eigenvalue weighted by atomic mass is 35.5. The van der Waals surface area contributed by atoms with Gasteiger partial charge in [0.25, 0.3) is 10.0 Å². The van der Waals surface area contributed by atoms with Gasteiger partial charge in [0, 0.05) is 37.2 Å². The Morgan fingerprint density at radius 2 is 1.65 bits per heavy atom. The zero-order chi connectivity index (χ0) is 24.3. The van der Waals surface area contributed by atoms with Crippen molar-refractivity contribution >= 4 is 27.7 Å². The highest BCUT2D eigenvalue weighted by molar-refractivity contribution is 7.90. The molecule has 0 atom stereocenters. The maximum atomic E-state index is 12.6. The molecule has 0 saturated carbocycles. The second-order valence-electron chi connectivity index (χ2n) is 9.16. The molecule has 2 fully saturated rings. The summed E-state index contributed by atoms with van der Waals surface area (Å²) in [5, 5.41) is 0.715. The average molecular weight is 506 g/mol. The molecular weight excluding hydrogens is 474 g/mol. The number of likely N-dealkylation sites (tertiary alicyclic amines) is 2. The third-order valence-corrected chi connectivity index (χ3v) is 8.50. The van der Waals surface area contributed by atoms with Crippen LogP contribution in [0.1, 0.15) is 36.8 Å². The molecule has 2 aromatic rings. The van der Waals surface area contributed by atoms with Crippen LogP contribution < -0.4 is 9.46 Å². The number of urea groups is 1. The van der Waals surface area contributed by atoms with Crippen molar-refractivity contribution < 1.29 is 17.9 Å². The number of sulfonamides is 1. The van der Waals surface area contributed by atoms with Crippen molar-refractivity contribution in [3.8, 4) is 5.75 Å². The van der Waals surface area contributed by atoms with E-state index in [0.717, 1.165) is 50.1 Å². The highest BCUT2D eigenvalue weighted by Crippen LogP contribution is 2.27. The summed E-state index contributed by atoms with van der Waals surface area (Å²) in [7, 11) is -3.88. The van der Waals surface area contributed by atoms with Gasteiger partial charge in [0.15, 0.2) is 0 Å². The number of nitrogens with zero attached hydrogens (tertiary/aromatic N) is 2. The van der Waals surface area contributed by atoms with Crippen molar-refractivity contribution in [3.05, 3.63) is 58.6 Å². The summed E-state index contributed by atoms with van der Waals surface area (Å²) >= 11 is 6.04. The number of halogens is 1. The summed E-state index contributed by atoms with van der Waals surface area (Å²) in [6.07, 6.45) is 3.77. The van der Waals surface area contributed by atoms with Gasteiger partial charge in [0.1, 0.15) is 11.9 Å². The van der Waals surface area contributed by atoms with Crippen LogP contribution in [0.15, 0.2) is 47.4 Å². The van der Waals surface area contributed by atoms with Crippen molar-refractivity contribution in [1.82, 2.24) is 14.5 Å². The highest BCUT2D eigenvalue weighted by Gasteiger charge is 2.31. The Morgan fingerprint density at radius 3 is 2.29 bits per heavy atom. The number of amides is 2. The molecule has 2 amide bonds. The molecule has 7 nitrogen and oxygen atoms in total. The molecule has 2 aliphatic rings. The van der Waals surface area contributed by atoms with Gasteiger partial charge in [-0.1, -0.05) is 29.8 Å². The van der Waals surface area contributed by atoms with Gasteiger partial charge in [-0.3, -0.25) is 4.90 Å². The van der Waals surface area contributed by atoms with E-state index in [1.165, 1.54) is 6.07 Å². The molecule has 0 spiro atoms. The van der Waals surface area contributed by atoms with E-state index in [0.29, 0.717) is 29.7 Å². The maximum Gasteiger partial charge on any atom is 0.331 e. The van der Waals surface area contributed by atoms with Gasteiger partial charge < -0.3 is 9.64 Å². The molecule has 0 unspecified atom stereocenters. The summed E-state index contributed by atoms with van der Waals surface area (Å²) < 4.78 is 33.7. The number of piperidine rings is 2. The van der Waals surface area contributed by atoms with E-state index < -0.39 is 16.1 Å². The third kappa shape index (κ3) is 5.85. The number of rotatable bonds is 5. The largest absolute Gasteiger partial charge is 0.490 e. The molecule has 184 valence electrons. The van der Waals surface area contributed by atoms with E-state index in [1.54, 1.807) is 30.0 Å². The van der Waals surface area contributed by atoms with Gasteiger partial charge >= 0.3 is 6.03 Å². The van der Waals surface area contributed by atoms with Gasteiger partial charge in [-0.2, -0.15) is 0 Å². The van der Waals surface area contributed by atoms with Crippen molar-refractivity contribution in [2.75, 3.05) is 26.2 Å². The fraction of sp³-hybridized carbons (Fsp3) is 0.480. The molecule has 0 bridgehead atoms. The quantitative estimate of drug-likeness (QED) is 0.653. The Labute approximate surface area is 207 Å². The van der Waals surface area contributed by atoms with Crippen LogP contribution in [0, 0.1) is 13.8 Å². The van der Waals surface area contributed by atoms with Crippen LogP contribution in [-0.2, 0) is 10.0 Å². The molecule has 2 saturated heterocycles. The lowest BCUT2D eigenvalue weighted by Gasteiger charge is -2.41. The first-order valence-electron chi connectivity index (χ1n) is 11.8. The minimum absolute atomic E-state index is 0.136. The lowest BCUT2D eigenvalue weighted by Crippen LogP contribution is -2.52. The Morgan fingerprint density at radius 1 is 0.971 bits per heavy atom. The lowest BCUT2D eigenvalue weighted by atomic mass is 9.99. The van der Waals surface area contributed by atoms with Crippen LogP contribution in [0.4, 0.5) is 4.79 Å². The average Bonchev–Trinajstić information content (AvgIpc) is 2.81. The predicted molar refractivity (Wildman–Crippen MR) is 133 cm³/mol. The number of aryl methyl sites for hydroxylation is 2. The Bertz CT molecular complexity index is 1120. The van der Waals surface area contributed by atoms with E-state index in [4.69, 9.17) is 16.3 Å². The number of carbonyl (C=O) groups is 1. The minimum Gasteiger partial charge on any atom is -0.490 e. The number of nitrogens with one attached hydrogen (secondary N) is 1. The Kier molecular flexibility index (Phi) is 7.70. The van der Waals surface area contributed by atoms with Gasteiger partial charge in [0.05, 0.1) is 4.90 Å². The van der Waals surface area contributed by atoms with Gasteiger partial charge in [-0.25, -0.2) is 17.9 Å². The van der Waals surface area contributed by atoms with Gasteiger partial charge in [-0.05, 0) is 74.9 Å². The van der Waals surface area contributed by atoms with Gasteiger partial charge in [0.2, 0.25) is 0 Å². The second-order valence-corrected chi connectivity index (χ2v) is 11.2. The van der Waals surface area contributed by atoms with Gasteiger partial charge in [-0.15, -0.1) is 0 Å². The number of ether oxygens (including phenoxy) is 1. The van der Waals surface area contributed by atoms with Crippen LogP contribution in [-0.4, -0.2) is 62.6 Å². The summed E-state index contributed by atoms with van der Waals surface area (Å²) in [5.41, 5.74) is 1.66. The van der Waals surface area contributed by atoms with Crippen LogP contribution in [0.5, 0.6) is 5.75 Å². The predicted octanol–water partition coefficient (Wildman–Crippen LogP) is 4.36. The Hall–Kier alpha value is -2.29. The van der Waals surface area contributed by atoms with E-state index in [2.05, 4.69) is 9.62 Å². The molecule has 2 heterocycles. The minimum atomic E-state index is -3.88. The fourth-order valence-electron chi connectivity index (χ4n) is 4.81. The molecule has 2 aromatic carbocycles. The van der Waals surface area contributed by atoms with Crippen molar-refractivity contribution in [2.45, 2.75) is 56.6 Å². The SMILES string of the molecule is Cc1cc(Cl)ccc1OC1CCN(C2CCN(C(=O)NS(=O)(=O)c3ccccc3C)CC2)CC1. The number of benzene rings is 2. The number of hydrogen-bond acceptors (Lipinski definition) is 5. The zero-order valence-electron chi connectivity index (χ0n) is 19.7. The van der Waals surface area contributed by atoms with Crippen molar-refractivity contribution in [2.24, 2.45) is 0 Å². The third-order valence-electron chi connectivity index (χ3n) is 6.78. The van der Waals surface area contributed by atoms with Crippen LogP contribution in [0.25, 0.3) is 0 Å². The molecule has 0 aliphatic carbocycles. The van der Waals surface area contributed by atoms with Crippen LogP contribution >= 0.6 is 11.6 Å². The standard InChI is InChI=1S/C25H32ClN3O4S/c1-18-5-3-4-6-24(18)34(31,32)27-25(30)29-13-9-21(10-14-29)28-15-11-22(12-16-28)33-23-8-7-20(26)17-19(23)2/h3-8,17,21-22H,9-16H2,1-2H3,(H,27,30). The summed E-state index contributed by atoms with van der Waals surface area (Å²) in [6.45, 7) is 6.72. The first kappa shape index (κ1) is 24.8. The van der Waals surface area contributed by atoms with Crippen molar-refractivity contribution in [1.29, 1.82) is 0 Å². The molecule has 4 rings (SSSR count). The van der Waals surface area contributed by atoms with E-state index in [-0.39, 0.29) is 11.0 Å². The van der Waals surface area contributed by atoms with E-state index >= 15 is 0 Å². The normalized spacial score (nSPS) is 18.6. The lowest BCUT2D eigenvalue weighted by molar-refractivity contribution is 0.0537. The number of carbonyl (C=O) groups excluding carboxylic acids is 1. The Balaban J connectivity index is 1.24. The molecule has 34 heavy (non-hydrogen) atoms. The van der Waals surface area contributed by atoms with E-state index in [1.807, 2.05) is 25.1 Å². The first-order valence-corrected chi connectivity index (χ1v) is 13.6. The van der Waals surface area contributed by atoms with Crippen LogP contribution in [0.3, 0.4) is 0 Å². The topological polar surface area (TPSA) is 79.0 Å². The molecule has 1 N–H and O–H groups in total. The smallest absolute Gasteiger partial charge is 0.331 e. The molecule has 9 heteroatoms. The number of hydrogen-bond donors (Lipinski definition) is 1. The fourth-order valence-corrected chi connectivity index (χ4v) is 6.26. The summed E-state index contributed by atoms with van der Waals surface area (Å²) in [5.74, 6) is 0.891. The second kappa shape index (κ2) is 10.5. The molecule has 2 aliphatic heterocycles. The maximum absolute atomic E-state index is 12.6. The summed E-state index contributed by atoms with van der Waals surface area (Å²) in [6, 6.07) is 12.2. The monoisotopic (exact) mass is 505 g/mol. The van der Waals surface area contributed by atoms with Crippen LogP contribution in [0.2, 0.25) is 5.02 Å². The van der Waals surface area contributed by atoms with E-state index in [9.17, 15) is 13.2 Å². The zero-order valence-corrected chi connectivity index (χ0v) is 21.2. The summed E-state index contributed by atoms with van der Waals surface area (Å²) in [4.78, 5) is 16.9. The molecule has 0 aromatic heterocycles. The first-order chi connectivity index (χ1) is 16.2. The molecule has 0 radical (unpaired) electrons. The van der Waals surface area contributed by atoms with Crippen molar-refractivity contribution in [3.63, 3.8) is 0 Å². The molecular formula is C25H32ClN3O4S.